The smallest absolute Gasteiger partial charge is 0.245 e. The monoisotopic (exact) mass is 394 g/mol. The van der Waals surface area contributed by atoms with Crippen LogP contribution in [0.15, 0.2) is 14.7 Å². The van der Waals surface area contributed by atoms with Gasteiger partial charge in [-0.2, -0.15) is 4.31 Å². The third kappa shape index (κ3) is 3.37. The van der Waals surface area contributed by atoms with Gasteiger partial charge in [0, 0.05) is 24.5 Å². The SMILES string of the molecule is CCC1(CC)CCN(S(=O)(=O)c2cc(CN)sc2Br)CC1. The lowest BCUT2D eigenvalue weighted by Gasteiger charge is -2.40. The largest absolute Gasteiger partial charge is 0.326 e. The van der Waals surface area contributed by atoms with Crippen LogP contribution in [0.2, 0.25) is 0 Å². The second kappa shape index (κ2) is 6.66. The molecule has 1 saturated heterocycles. The van der Waals surface area contributed by atoms with E-state index >= 15 is 0 Å². The number of hydrogen-bond acceptors (Lipinski definition) is 4. The van der Waals surface area contributed by atoms with Gasteiger partial charge in [0.25, 0.3) is 0 Å². The molecule has 1 aliphatic heterocycles. The fraction of sp³-hybridized carbons (Fsp3) is 0.714. The molecule has 0 spiro atoms. The number of piperidine rings is 1. The van der Waals surface area contributed by atoms with Crippen molar-refractivity contribution in [3.8, 4) is 0 Å². The van der Waals surface area contributed by atoms with E-state index in [1.165, 1.54) is 11.3 Å². The van der Waals surface area contributed by atoms with Crippen molar-refractivity contribution in [1.29, 1.82) is 0 Å². The third-order valence-corrected chi connectivity index (χ3v) is 8.98. The maximum absolute atomic E-state index is 12.8. The number of sulfonamides is 1. The van der Waals surface area contributed by atoms with Gasteiger partial charge in [0.2, 0.25) is 10.0 Å². The quantitative estimate of drug-likeness (QED) is 0.829. The maximum Gasteiger partial charge on any atom is 0.245 e. The minimum atomic E-state index is -3.41. The summed E-state index contributed by atoms with van der Waals surface area (Å²) in [4.78, 5) is 1.25. The van der Waals surface area contributed by atoms with Gasteiger partial charge in [0.15, 0.2) is 0 Å². The van der Waals surface area contributed by atoms with Gasteiger partial charge in [-0.15, -0.1) is 11.3 Å². The van der Waals surface area contributed by atoms with Gasteiger partial charge in [-0.25, -0.2) is 8.42 Å². The van der Waals surface area contributed by atoms with E-state index < -0.39 is 10.0 Å². The van der Waals surface area contributed by atoms with Crippen molar-refractivity contribution in [2.75, 3.05) is 13.1 Å². The lowest BCUT2D eigenvalue weighted by molar-refractivity contribution is 0.141. The molecule has 7 heteroatoms. The van der Waals surface area contributed by atoms with Crippen LogP contribution in [0.5, 0.6) is 0 Å². The molecule has 4 nitrogen and oxygen atoms in total. The van der Waals surface area contributed by atoms with Crippen LogP contribution in [0, 0.1) is 5.41 Å². The normalized spacial score (nSPS) is 19.8. The summed E-state index contributed by atoms with van der Waals surface area (Å²) >= 11 is 4.77. The molecule has 120 valence electrons. The summed E-state index contributed by atoms with van der Waals surface area (Å²) in [5, 5.41) is 0. The Morgan fingerprint density at radius 2 is 1.90 bits per heavy atom. The Morgan fingerprint density at radius 3 is 2.33 bits per heavy atom. The van der Waals surface area contributed by atoms with Crippen molar-refractivity contribution >= 4 is 37.3 Å². The molecular formula is C14H23BrN2O2S2. The lowest BCUT2D eigenvalue weighted by Crippen LogP contribution is -2.42. The first kappa shape index (κ1) is 17.4. The molecule has 0 saturated carbocycles. The van der Waals surface area contributed by atoms with E-state index in [0.717, 1.165) is 30.6 Å². The van der Waals surface area contributed by atoms with E-state index in [0.29, 0.717) is 33.7 Å². The molecule has 0 unspecified atom stereocenters. The molecule has 0 amide bonds. The maximum atomic E-state index is 12.8. The van der Waals surface area contributed by atoms with Gasteiger partial charge >= 0.3 is 0 Å². The van der Waals surface area contributed by atoms with Crippen LogP contribution in [0.3, 0.4) is 0 Å². The van der Waals surface area contributed by atoms with Gasteiger partial charge in [-0.3, -0.25) is 0 Å². The molecule has 2 heterocycles. The molecule has 0 bridgehead atoms. The van der Waals surface area contributed by atoms with Gasteiger partial charge in [-0.05, 0) is 40.3 Å². The second-order valence-corrected chi connectivity index (χ2v) is 10.0. The van der Waals surface area contributed by atoms with E-state index in [4.69, 9.17) is 5.73 Å². The molecule has 1 aliphatic rings. The van der Waals surface area contributed by atoms with Crippen LogP contribution in [-0.2, 0) is 16.6 Å². The van der Waals surface area contributed by atoms with Crippen LogP contribution >= 0.6 is 27.3 Å². The highest BCUT2D eigenvalue weighted by molar-refractivity contribution is 9.11. The fourth-order valence-electron chi connectivity index (χ4n) is 2.97. The standard InChI is InChI=1S/C14H23BrN2O2S2/c1-3-14(4-2)5-7-17(8-6-14)21(18,19)12-9-11(10-16)20-13(12)15/h9H,3-8,10,16H2,1-2H3. The van der Waals surface area contributed by atoms with Crippen molar-refractivity contribution in [3.05, 3.63) is 14.7 Å². The predicted octanol–water partition coefficient (Wildman–Crippen LogP) is 3.56. The molecule has 2 rings (SSSR count). The van der Waals surface area contributed by atoms with Crippen molar-refractivity contribution in [1.82, 2.24) is 4.31 Å². The van der Waals surface area contributed by atoms with Crippen LogP contribution in [0.1, 0.15) is 44.4 Å². The van der Waals surface area contributed by atoms with Gasteiger partial charge in [0.05, 0.1) is 3.79 Å². The Kier molecular flexibility index (Phi) is 5.52. The average Bonchev–Trinajstić information content (AvgIpc) is 2.89. The number of hydrogen-bond donors (Lipinski definition) is 1. The summed E-state index contributed by atoms with van der Waals surface area (Å²) < 4.78 is 27.9. The second-order valence-electron chi connectivity index (χ2n) is 5.67. The van der Waals surface area contributed by atoms with Crippen molar-refractivity contribution < 1.29 is 8.42 Å². The van der Waals surface area contributed by atoms with Crippen LogP contribution in [0.4, 0.5) is 0 Å². The highest BCUT2D eigenvalue weighted by Gasteiger charge is 2.37. The summed E-state index contributed by atoms with van der Waals surface area (Å²) in [5.74, 6) is 0. The molecule has 0 atom stereocenters. The van der Waals surface area contributed by atoms with E-state index in [9.17, 15) is 8.42 Å². The molecular weight excluding hydrogens is 372 g/mol. The molecule has 1 fully saturated rings. The van der Waals surface area contributed by atoms with Crippen LogP contribution in [0.25, 0.3) is 0 Å². The number of nitrogens with two attached hydrogens (primary N) is 1. The molecule has 1 aromatic heterocycles. The van der Waals surface area contributed by atoms with Crippen LogP contribution < -0.4 is 5.73 Å². The Hall–Kier alpha value is 0.0500. The number of thiophene rings is 1. The lowest BCUT2D eigenvalue weighted by atomic mass is 9.75. The first-order chi connectivity index (χ1) is 9.88. The molecule has 0 radical (unpaired) electrons. The summed E-state index contributed by atoms with van der Waals surface area (Å²) in [6, 6.07) is 1.70. The summed E-state index contributed by atoms with van der Waals surface area (Å²) in [6.07, 6.45) is 4.14. The summed E-state index contributed by atoms with van der Waals surface area (Å²) in [7, 11) is -3.41. The minimum absolute atomic E-state index is 0.320. The number of rotatable bonds is 5. The van der Waals surface area contributed by atoms with Gasteiger partial charge in [0.1, 0.15) is 4.90 Å². The van der Waals surface area contributed by atoms with Crippen LogP contribution in [-0.4, -0.2) is 25.8 Å². The predicted molar refractivity (Wildman–Crippen MR) is 90.9 cm³/mol. The van der Waals surface area contributed by atoms with E-state index in [2.05, 4.69) is 29.8 Å². The molecule has 1 aromatic rings. The summed E-state index contributed by atoms with van der Waals surface area (Å²) in [6.45, 7) is 6.01. The highest BCUT2D eigenvalue weighted by atomic mass is 79.9. The zero-order valence-corrected chi connectivity index (χ0v) is 15.8. The Balaban J connectivity index is 2.20. The fourth-order valence-corrected chi connectivity index (χ4v) is 6.92. The molecule has 2 N–H and O–H groups in total. The number of halogens is 1. The Labute approximate surface area is 139 Å². The van der Waals surface area contributed by atoms with Gasteiger partial charge < -0.3 is 5.73 Å². The van der Waals surface area contributed by atoms with Crippen molar-refractivity contribution in [3.63, 3.8) is 0 Å². The number of nitrogens with zero attached hydrogens (tertiary/aromatic N) is 1. The third-order valence-electron chi connectivity index (χ3n) is 4.81. The topological polar surface area (TPSA) is 63.4 Å². The zero-order valence-electron chi connectivity index (χ0n) is 12.6. The average molecular weight is 395 g/mol. The first-order valence-electron chi connectivity index (χ1n) is 7.37. The van der Waals surface area contributed by atoms with E-state index in [1.807, 2.05) is 0 Å². The molecule has 0 aliphatic carbocycles. The zero-order chi connectivity index (χ0) is 15.7. The summed E-state index contributed by atoms with van der Waals surface area (Å²) in [5.41, 5.74) is 5.93. The minimum Gasteiger partial charge on any atom is -0.326 e. The molecule has 0 aromatic carbocycles. The van der Waals surface area contributed by atoms with Crippen molar-refractivity contribution in [2.24, 2.45) is 11.1 Å². The molecule has 21 heavy (non-hydrogen) atoms. The Morgan fingerprint density at radius 1 is 1.33 bits per heavy atom. The van der Waals surface area contributed by atoms with Gasteiger partial charge in [-0.1, -0.05) is 26.7 Å². The van der Waals surface area contributed by atoms with E-state index in [-0.39, 0.29) is 0 Å². The highest BCUT2D eigenvalue weighted by Crippen LogP contribution is 2.40. The Bertz CT molecular complexity index is 584. The first-order valence-corrected chi connectivity index (χ1v) is 10.4. The van der Waals surface area contributed by atoms with E-state index in [1.54, 1.807) is 10.4 Å². The van der Waals surface area contributed by atoms with Crippen molar-refractivity contribution in [2.45, 2.75) is 51.0 Å².